The molecule has 0 aliphatic rings. The van der Waals surface area contributed by atoms with Crippen LogP contribution in [-0.2, 0) is 0 Å². The Bertz CT molecular complexity index is 1030. The van der Waals surface area contributed by atoms with Crippen LogP contribution in [0.1, 0.15) is 21.8 Å². The molecule has 0 saturated heterocycles. The van der Waals surface area contributed by atoms with Crippen molar-refractivity contribution < 1.29 is 9.21 Å². The summed E-state index contributed by atoms with van der Waals surface area (Å²) in [4.78, 5) is 16.0. The van der Waals surface area contributed by atoms with Gasteiger partial charge in [-0.25, -0.2) is 0 Å². The van der Waals surface area contributed by atoms with E-state index in [1.807, 2.05) is 60.7 Å². The molecule has 0 fully saturated rings. The highest BCUT2D eigenvalue weighted by Gasteiger charge is 2.13. The first-order valence-electron chi connectivity index (χ1n) is 8.41. The zero-order chi connectivity index (χ0) is 17.8. The third-order valence-electron chi connectivity index (χ3n) is 4.19. The molecule has 3 nitrogen and oxygen atoms in total. The monoisotopic (exact) mass is 339 g/mol. The molecule has 2 heterocycles. The van der Waals surface area contributed by atoms with E-state index < -0.39 is 0 Å². The summed E-state index contributed by atoms with van der Waals surface area (Å²) in [6.07, 6.45) is 3.13. The minimum Gasteiger partial charge on any atom is -0.461 e. The summed E-state index contributed by atoms with van der Waals surface area (Å²) in [5, 5.41) is 0. The molecule has 126 valence electrons. The lowest BCUT2D eigenvalue weighted by molar-refractivity contribution is 0.102. The Labute approximate surface area is 151 Å². The van der Waals surface area contributed by atoms with Gasteiger partial charge in [-0.1, -0.05) is 60.7 Å². The summed E-state index contributed by atoms with van der Waals surface area (Å²) in [7, 11) is 0. The van der Waals surface area contributed by atoms with Crippen LogP contribution < -0.4 is 0 Å². The van der Waals surface area contributed by atoms with Crippen molar-refractivity contribution in [1.29, 1.82) is 0 Å². The quantitative estimate of drug-likeness (QED) is 0.380. The van der Waals surface area contributed by atoms with Crippen molar-refractivity contribution in [2.45, 2.75) is 0 Å². The van der Waals surface area contributed by atoms with E-state index in [4.69, 9.17) is 4.42 Å². The van der Waals surface area contributed by atoms with Gasteiger partial charge in [0.2, 0.25) is 5.78 Å². The van der Waals surface area contributed by atoms with Gasteiger partial charge in [0.05, 0.1) is 6.26 Å². The minimum absolute atomic E-state index is 0.162. The molecule has 2 aromatic carbocycles. The lowest BCUT2D eigenvalue weighted by atomic mass is 10.0. The lowest BCUT2D eigenvalue weighted by Crippen LogP contribution is -1.97. The number of aromatic amines is 1. The number of furan rings is 1. The number of ketones is 1. The molecular formula is C23H17NO2. The van der Waals surface area contributed by atoms with E-state index in [1.54, 1.807) is 18.2 Å². The molecule has 0 bridgehead atoms. The van der Waals surface area contributed by atoms with Gasteiger partial charge < -0.3 is 9.40 Å². The molecule has 2 aromatic heterocycles. The van der Waals surface area contributed by atoms with Crippen LogP contribution in [0, 0.1) is 0 Å². The Hall–Kier alpha value is -3.59. The van der Waals surface area contributed by atoms with Crippen LogP contribution >= 0.6 is 0 Å². The SMILES string of the molecule is O=C(C=C(c1ccccc1)c1ccc(-c2ccccc2)[nH]1)c1ccco1. The topological polar surface area (TPSA) is 46.0 Å². The van der Waals surface area contributed by atoms with Gasteiger partial charge in [-0.15, -0.1) is 0 Å². The number of hydrogen-bond donors (Lipinski definition) is 1. The highest BCUT2D eigenvalue weighted by molar-refractivity contribution is 6.08. The number of rotatable bonds is 5. The average molecular weight is 339 g/mol. The van der Waals surface area contributed by atoms with Gasteiger partial charge in [0, 0.05) is 17.0 Å². The molecule has 0 amide bonds. The summed E-state index contributed by atoms with van der Waals surface area (Å²) in [6, 6.07) is 27.4. The van der Waals surface area contributed by atoms with Gasteiger partial charge >= 0.3 is 0 Å². The van der Waals surface area contributed by atoms with Crippen LogP contribution in [0.25, 0.3) is 16.8 Å². The van der Waals surface area contributed by atoms with Crippen molar-refractivity contribution >= 4 is 11.4 Å². The number of carbonyl (C=O) groups excluding carboxylic acids is 1. The summed E-state index contributed by atoms with van der Waals surface area (Å²) < 4.78 is 5.24. The van der Waals surface area contributed by atoms with E-state index >= 15 is 0 Å². The molecule has 0 spiro atoms. The van der Waals surface area contributed by atoms with Crippen molar-refractivity contribution in [3.8, 4) is 11.3 Å². The van der Waals surface area contributed by atoms with Gasteiger partial charge in [-0.05, 0) is 41.5 Å². The predicted octanol–water partition coefficient (Wildman–Crippen LogP) is 5.59. The van der Waals surface area contributed by atoms with Crippen LogP contribution in [0.4, 0.5) is 0 Å². The molecule has 0 unspecified atom stereocenters. The summed E-state index contributed by atoms with van der Waals surface area (Å²) >= 11 is 0. The summed E-state index contributed by atoms with van der Waals surface area (Å²) in [5.74, 6) is 0.165. The molecule has 3 heteroatoms. The lowest BCUT2D eigenvalue weighted by Gasteiger charge is -2.06. The largest absolute Gasteiger partial charge is 0.461 e. The van der Waals surface area contributed by atoms with Crippen molar-refractivity contribution in [1.82, 2.24) is 4.98 Å². The molecule has 0 radical (unpaired) electrons. The number of aromatic nitrogens is 1. The molecule has 4 rings (SSSR count). The highest BCUT2D eigenvalue weighted by atomic mass is 16.3. The highest BCUT2D eigenvalue weighted by Crippen LogP contribution is 2.27. The zero-order valence-electron chi connectivity index (χ0n) is 14.1. The minimum atomic E-state index is -0.162. The normalized spacial score (nSPS) is 11.5. The van der Waals surface area contributed by atoms with E-state index in [0.717, 1.165) is 28.1 Å². The fraction of sp³-hybridized carbons (Fsp3) is 0. The van der Waals surface area contributed by atoms with Gasteiger partial charge in [-0.3, -0.25) is 4.79 Å². The molecule has 0 aliphatic carbocycles. The fourth-order valence-corrected chi connectivity index (χ4v) is 2.89. The molecule has 0 saturated carbocycles. The number of carbonyl (C=O) groups is 1. The zero-order valence-corrected chi connectivity index (χ0v) is 14.1. The molecule has 4 aromatic rings. The van der Waals surface area contributed by atoms with E-state index in [0.29, 0.717) is 5.76 Å². The Morgan fingerprint density at radius 2 is 1.54 bits per heavy atom. The second-order valence-corrected chi connectivity index (χ2v) is 5.92. The Morgan fingerprint density at radius 3 is 2.23 bits per heavy atom. The summed E-state index contributed by atoms with van der Waals surface area (Å²) in [6.45, 7) is 0. The Balaban J connectivity index is 1.77. The Kier molecular flexibility index (Phi) is 4.35. The first kappa shape index (κ1) is 15.9. The maximum atomic E-state index is 12.6. The molecule has 1 N–H and O–H groups in total. The van der Waals surface area contributed by atoms with Gasteiger partial charge in [-0.2, -0.15) is 0 Å². The number of allylic oxidation sites excluding steroid dienone is 1. The number of benzene rings is 2. The summed E-state index contributed by atoms with van der Waals surface area (Å²) in [5.41, 5.74) is 4.79. The van der Waals surface area contributed by atoms with E-state index in [1.165, 1.54) is 6.26 Å². The fourth-order valence-electron chi connectivity index (χ4n) is 2.89. The van der Waals surface area contributed by atoms with E-state index in [2.05, 4.69) is 17.1 Å². The first-order chi connectivity index (χ1) is 12.8. The van der Waals surface area contributed by atoms with E-state index in [-0.39, 0.29) is 5.78 Å². The number of H-pyrrole nitrogens is 1. The molecular weight excluding hydrogens is 322 g/mol. The standard InChI is InChI=1S/C23H17NO2/c25-22(23-12-7-15-26-23)16-19(17-8-3-1-4-9-17)21-14-13-20(24-21)18-10-5-2-6-11-18/h1-16,24H. The van der Waals surface area contributed by atoms with Crippen molar-refractivity contribution in [2.75, 3.05) is 0 Å². The Morgan fingerprint density at radius 1 is 0.808 bits per heavy atom. The van der Waals surface area contributed by atoms with Crippen LogP contribution in [0.15, 0.2) is 102 Å². The molecule has 0 atom stereocenters. The van der Waals surface area contributed by atoms with Gasteiger partial charge in [0.1, 0.15) is 0 Å². The van der Waals surface area contributed by atoms with Gasteiger partial charge in [0.25, 0.3) is 0 Å². The van der Waals surface area contributed by atoms with Crippen LogP contribution in [0.3, 0.4) is 0 Å². The first-order valence-corrected chi connectivity index (χ1v) is 8.41. The maximum Gasteiger partial charge on any atom is 0.221 e. The number of hydrogen-bond acceptors (Lipinski definition) is 2. The van der Waals surface area contributed by atoms with Crippen molar-refractivity contribution in [3.05, 3.63) is 114 Å². The second-order valence-electron chi connectivity index (χ2n) is 5.92. The third kappa shape index (κ3) is 3.28. The predicted molar refractivity (Wildman–Crippen MR) is 103 cm³/mol. The molecule has 0 aliphatic heterocycles. The van der Waals surface area contributed by atoms with Crippen LogP contribution in [0.2, 0.25) is 0 Å². The number of nitrogens with one attached hydrogen (secondary N) is 1. The van der Waals surface area contributed by atoms with Crippen molar-refractivity contribution in [3.63, 3.8) is 0 Å². The van der Waals surface area contributed by atoms with Crippen LogP contribution in [0.5, 0.6) is 0 Å². The van der Waals surface area contributed by atoms with Gasteiger partial charge in [0.15, 0.2) is 5.76 Å². The molecule has 26 heavy (non-hydrogen) atoms. The average Bonchev–Trinajstić information content (AvgIpc) is 3.39. The third-order valence-corrected chi connectivity index (χ3v) is 4.19. The smallest absolute Gasteiger partial charge is 0.221 e. The van der Waals surface area contributed by atoms with Crippen molar-refractivity contribution in [2.24, 2.45) is 0 Å². The van der Waals surface area contributed by atoms with Crippen LogP contribution in [-0.4, -0.2) is 10.8 Å². The maximum absolute atomic E-state index is 12.6. The second kappa shape index (κ2) is 7.11. The van der Waals surface area contributed by atoms with E-state index in [9.17, 15) is 4.79 Å².